The summed E-state index contributed by atoms with van der Waals surface area (Å²) in [4.78, 5) is 36.1. The summed E-state index contributed by atoms with van der Waals surface area (Å²) in [5.41, 5.74) is 5.70. The summed E-state index contributed by atoms with van der Waals surface area (Å²) >= 11 is 0. The highest BCUT2D eigenvalue weighted by molar-refractivity contribution is 6.00. The van der Waals surface area contributed by atoms with Gasteiger partial charge in [-0.15, -0.1) is 0 Å². The van der Waals surface area contributed by atoms with Crippen LogP contribution in [0.5, 0.6) is 0 Å². The van der Waals surface area contributed by atoms with E-state index in [0.29, 0.717) is 13.0 Å². The third-order valence-corrected chi connectivity index (χ3v) is 3.44. The van der Waals surface area contributed by atoms with Gasteiger partial charge in [0.25, 0.3) is 5.91 Å². The van der Waals surface area contributed by atoms with Crippen LogP contribution >= 0.6 is 0 Å². The van der Waals surface area contributed by atoms with Gasteiger partial charge in [0.1, 0.15) is 6.04 Å². The number of hydrogen-bond donors (Lipinski definition) is 2. The Labute approximate surface area is 116 Å². The van der Waals surface area contributed by atoms with E-state index in [-0.39, 0.29) is 17.0 Å². The fourth-order valence-electron chi connectivity index (χ4n) is 2.40. The van der Waals surface area contributed by atoms with Crippen molar-refractivity contribution in [2.24, 2.45) is 5.73 Å². The third kappa shape index (κ3) is 2.79. The van der Waals surface area contributed by atoms with Crippen molar-refractivity contribution in [3.63, 3.8) is 0 Å². The number of aliphatic carboxylic acids is 1. The zero-order valence-corrected chi connectivity index (χ0v) is 10.9. The number of carbonyl (C=O) groups is 3. The van der Waals surface area contributed by atoms with E-state index in [9.17, 15) is 19.5 Å². The standard InChI is InChI=1S/C14H16N2O4/c15-12(17)9-4-3-5-10(8-9)13(18)16-7-2-1-6-11(16)14(19)20/h3-5,8,11H,1-2,6-7H2,(H2,15,17)(H,19,20)/t11-/m0/s1. The number of rotatable bonds is 3. The lowest BCUT2D eigenvalue weighted by molar-refractivity contribution is -0.143. The largest absolute Gasteiger partial charge is 0.480 e. The summed E-state index contributed by atoms with van der Waals surface area (Å²) in [5.74, 6) is -1.99. The second-order valence-electron chi connectivity index (χ2n) is 4.79. The molecule has 0 saturated carbocycles. The Morgan fingerprint density at radius 2 is 1.90 bits per heavy atom. The molecule has 1 saturated heterocycles. The molecule has 0 aromatic heterocycles. The molecule has 0 spiro atoms. The number of carboxylic acids is 1. The van der Waals surface area contributed by atoms with Crippen LogP contribution in [-0.2, 0) is 4.79 Å². The van der Waals surface area contributed by atoms with Crippen LogP contribution in [0.1, 0.15) is 40.0 Å². The van der Waals surface area contributed by atoms with Crippen molar-refractivity contribution >= 4 is 17.8 Å². The van der Waals surface area contributed by atoms with E-state index in [1.165, 1.54) is 17.0 Å². The normalized spacial score (nSPS) is 18.6. The van der Waals surface area contributed by atoms with Gasteiger partial charge in [-0.2, -0.15) is 0 Å². The predicted molar refractivity (Wildman–Crippen MR) is 71.3 cm³/mol. The van der Waals surface area contributed by atoms with E-state index in [1.54, 1.807) is 12.1 Å². The first-order valence-electron chi connectivity index (χ1n) is 6.44. The first-order valence-corrected chi connectivity index (χ1v) is 6.44. The van der Waals surface area contributed by atoms with Gasteiger partial charge >= 0.3 is 5.97 Å². The molecule has 1 heterocycles. The lowest BCUT2D eigenvalue weighted by Gasteiger charge is -2.33. The Hall–Kier alpha value is -2.37. The summed E-state index contributed by atoms with van der Waals surface area (Å²) in [6.45, 7) is 0.413. The number of likely N-dealkylation sites (tertiary alicyclic amines) is 1. The summed E-state index contributed by atoms with van der Waals surface area (Å²) in [5, 5.41) is 9.18. The topological polar surface area (TPSA) is 101 Å². The second kappa shape index (κ2) is 5.73. The molecule has 0 aliphatic carbocycles. The minimum Gasteiger partial charge on any atom is -0.480 e. The fourth-order valence-corrected chi connectivity index (χ4v) is 2.40. The van der Waals surface area contributed by atoms with Gasteiger partial charge in [0, 0.05) is 17.7 Å². The SMILES string of the molecule is NC(=O)c1cccc(C(=O)N2CCCC[C@H]2C(=O)O)c1. The van der Waals surface area contributed by atoms with Crippen molar-refractivity contribution in [1.82, 2.24) is 4.90 Å². The molecule has 0 radical (unpaired) electrons. The van der Waals surface area contributed by atoms with Crippen LogP contribution in [0.4, 0.5) is 0 Å². The maximum atomic E-state index is 12.4. The van der Waals surface area contributed by atoms with E-state index >= 15 is 0 Å². The number of carboxylic acid groups (broad SMARTS) is 1. The third-order valence-electron chi connectivity index (χ3n) is 3.44. The second-order valence-corrected chi connectivity index (χ2v) is 4.79. The van der Waals surface area contributed by atoms with Crippen LogP contribution in [-0.4, -0.2) is 40.4 Å². The molecule has 2 rings (SSSR count). The number of nitrogens with two attached hydrogens (primary N) is 1. The van der Waals surface area contributed by atoms with Gasteiger partial charge in [-0.3, -0.25) is 9.59 Å². The van der Waals surface area contributed by atoms with Crippen LogP contribution in [0.25, 0.3) is 0 Å². The molecule has 1 fully saturated rings. The highest BCUT2D eigenvalue weighted by Crippen LogP contribution is 2.20. The number of benzene rings is 1. The van der Waals surface area contributed by atoms with Crippen LogP contribution in [0, 0.1) is 0 Å². The maximum Gasteiger partial charge on any atom is 0.326 e. The Morgan fingerprint density at radius 3 is 2.55 bits per heavy atom. The Kier molecular flexibility index (Phi) is 4.02. The molecule has 3 N–H and O–H groups in total. The molecule has 1 atom stereocenters. The number of nitrogens with zero attached hydrogens (tertiary/aromatic N) is 1. The van der Waals surface area contributed by atoms with Gasteiger partial charge in [-0.05, 0) is 37.5 Å². The Balaban J connectivity index is 2.27. The molecule has 6 nitrogen and oxygen atoms in total. The quantitative estimate of drug-likeness (QED) is 0.855. The number of carbonyl (C=O) groups excluding carboxylic acids is 2. The van der Waals surface area contributed by atoms with Gasteiger partial charge in [0.05, 0.1) is 0 Å². The number of amides is 2. The van der Waals surface area contributed by atoms with Crippen molar-refractivity contribution in [2.75, 3.05) is 6.54 Å². The summed E-state index contributed by atoms with van der Waals surface area (Å²) in [6, 6.07) is 5.24. The van der Waals surface area contributed by atoms with E-state index in [4.69, 9.17) is 5.73 Å². The minimum absolute atomic E-state index is 0.236. The molecule has 20 heavy (non-hydrogen) atoms. The lowest BCUT2D eigenvalue weighted by atomic mass is 10.0. The zero-order chi connectivity index (χ0) is 14.7. The first kappa shape index (κ1) is 14.0. The van der Waals surface area contributed by atoms with Gasteiger partial charge in [-0.1, -0.05) is 6.07 Å². The average Bonchev–Trinajstić information content (AvgIpc) is 2.46. The van der Waals surface area contributed by atoms with E-state index < -0.39 is 17.9 Å². The molecule has 6 heteroatoms. The monoisotopic (exact) mass is 276 g/mol. The summed E-state index contributed by atoms with van der Waals surface area (Å²) in [6.07, 6.45) is 2.03. The molecule has 1 aliphatic rings. The lowest BCUT2D eigenvalue weighted by Crippen LogP contribution is -2.48. The van der Waals surface area contributed by atoms with Gasteiger partial charge in [-0.25, -0.2) is 4.79 Å². The van der Waals surface area contributed by atoms with Crippen molar-refractivity contribution in [2.45, 2.75) is 25.3 Å². The van der Waals surface area contributed by atoms with Crippen molar-refractivity contribution in [3.05, 3.63) is 35.4 Å². The average molecular weight is 276 g/mol. The van der Waals surface area contributed by atoms with E-state index in [2.05, 4.69) is 0 Å². The fraction of sp³-hybridized carbons (Fsp3) is 0.357. The zero-order valence-electron chi connectivity index (χ0n) is 10.9. The molecule has 1 aromatic carbocycles. The van der Waals surface area contributed by atoms with Gasteiger partial charge in [0.2, 0.25) is 5.91 Å². The molecule has 106 valence electrons. The van der Waals surface area contributed by atoms with Crippen molar-refractivity contribution < 1.29 is 19.5 Å². The van der Waals surface area contributed by atoms with Gasteiger partial charge in [0.15, 0.2) is 0 Å². The first-order chi connectivity index (χ1) is 9.50. The predicted octanol–water partition coefficient (Wildman–Crippen LogP) is 0.865. The molecule has 1 aromatic rings. The highest BCUT2D eigenvalue weighted by Gasteiger charge is 2.32. The smallest absolute Gasteiger partial charge is 0.326 e. The van der Waals surface area contributed by atoms with Crippen LogP contribution in [0.2, 0.25) is 0 Å². The molecule has 0 unspecified atom stereocenters. The highest BCUT2D eigenvalue weighted by atomic mass is 16.4. The van der Waals surface area contributed by atoms with E-state index in [1.807, 2.05) is 0 Å². The molecule has 2 amide bonds. The minimum atomic E-state index is -0.996. The number of piperidine rings is 1. The van der Waals surface area contributed by atoms with Crippen LogP contribution in [0.15, 0.2) is 24.3 Å². The van der Waals surface area contributed by atoms with Gasteiger partial charge < -0.3 is 15.7 Å². The maximum absolute atomic E-state index is 12.4. The summed E-state index contributed by atoms with van der Waals surface area (Å²) in [7, 11) is 0. The van der Waals surface area contributed by atoms with Crippen molar-refractivity contribution in [1.29, 1.82) is 0 Å². The number of hydrogen-bond acceptors (Lipinski definition) is 3. The van der Waals surface area contributed by atoms with E-state index in [0.717, 1.165) is 12.8 Å². The molecular formula is C14H16N2O4. The van der Waals surface area contributed by atoms with Crippen molar-refractivity contribution in [3.8, 4) is 0 Å². The molecular weight excluding hydrogens is 260 g/mol. The Morgan fingerprint density at radius 1 is 1.20 bits per heavy atom. The number of primary amides is 1. The summed E-state index contributed by atoms with van der Waals surface area (Å²) < 4.78 is 0. The molecule has 0 bridgehead atoms. The van der Waals surface area contributed by atoms with Crippen LogP contribution < -0.4 is 5.73 Å². The Bertz CT molecular complexity index is 556. The molecule has 1 aliphatic heterocycles. The van der Waals surface area contributed by atoms with Crippen LogP contribution in [0.3, 0.4) is 0 Å².